The van der Waals surface area contributed by atoms with Gasteiger partial charge < -0.3 is 18.9 Å². The standard InChI is InChI=1S/C26H29NO5/c1-27-20-8-9-21(27)19(13-17-7-11-23(30-3)25(15-17)32-5)26(28)18(20)12-16-6-10-22(29-2)24(14-16)31-4/h6-7,10-15,20-21H,8-9H2,1-5H3/b18-12+,19-13+/t20-,21-/m1/s1. The second-order valence-corrected chi connectivity index (χ2v) is 8.03. The van der Waals surface area contributed by atoms with E-state index in [2.05, 4.69) is 11.9 Å². The fourth-order valence-corrected chi connectivity index (χ4v) is 4.73. The highest BCUT2D eigenvalue weighted by molar-refractivity contribution is 6.16. The number of nitrogens with zero attached hydrogens (tertiary/aromatic N) is 1. The number of carbonyl (C=O) groups is 1. The number of ether oxygens (including phenoxy) is 4. The maximum absolute atomic E-state index is 13.6. The van der Waals surface area contributed by atoms with E-state index in [4.69, 9.17) is 18.9 Å². The third-order valence-corrected chi connectivity index (χ3v) is 6.40. The van der Waals surface area contributed by atoms with Crippen molar-refractivity contribution in [3.8, 4) is 23.0 Å². The first kappa shape index (κ1) is 22.0. The predicted molar refractivity (Wildman–Crippen MR) is 125 cm³/mol. The van der Waals surface area contributed by atoms with Crippen molar-refractivity contribution in [3.05, 3.63) is 58.7 Å². The fraction of sp³-hybridized carbons (Fsp3) is 0.346. The Balaban J connectivity index is 1.74. The van der Waals surface area contributed by atoms with E-state index >= 15 is 0 Å². The summed E-state index contributed by atoms with van der Waals surface area (Å²) in [5.74, 6) is 2.71. The van der Waals surface area contributed by atoms with Crippen LogP contribution in [-0.2, 0) is 4.79 Å². The quantitative estimate of drug-likeness (QED) is 0.633. The molecule has 2 bridgehead atoms. The van der Waals surface area contributed by atoms with Gasteiger partial charge in [-0.15, -0.1) is 0 Å². The summed E-state index contributed by atoms with van der Waals surface area (Å²) in [4.78, 5) is 15.9. The molecule has 2 heterocycles. The second-order valence-electron chi connectivity index (χ2n) is 8.03. The topological polar surface area (TPSA) is 57.2 Å². The van der Waals surface area contributed by atoms with Crippen molar-refractivity contribution in [2.75, 3.05) is 35.5 Å². The van der Waals surface area contributed by atoms with Crippen molar-refractivity contribution in [2.45, 2.75) is 24.9 Å². The molecule has 2 fully saturated rings. The Morgan fingerprint density at radius 2 is 1.12 bits per heavy atom. The van der Waals surface area contributed by atoms with E-state index in [1.54, 1.807) is 28.4 Å². The molecule has 2 saturated heterocycles. The predicted octanol–water partition coefficient (Wildman–Crippen LogP) is 4.23. The molecule has 0 aromatic heterocycles. The van der Waals surface area contributed by atoms with Crippen molar-refractivity contribution in [1.29, 1.82) is 0 Å². The van der Waals surface area contributed by atoms with Gasteiger partial charge in [-0.25, -0.2) is 0 Å². The van der Waals surface area contributed by atoms with Crippen LogP contribution in [0.3, 0.4) is 0 Å². The summed E-state index contributed by atoms with van der Waals surface area (Å²) in [5, 5.41) is 0. The number of carbonyl (C=O) groups excluding carboxylic acids is 1. The number of ketones is 1. The van der Waals surface area contributed by atoms with Crippen LogP contribution in [0.4, 0.5) is 0 Å². The lowest BCUT2D eigenvalue weighted by Crippen LogP contribution is -2.43. The van der Waals surface area contributed by atoms with E-state index in [9.17, 15) is 4.79 Å². The number of hydrogen-bond acceptors (Lipinski definition) is 6. The van der Waals surface area contributed by atoms with E-state index in [0.717, 1.165) is 35.1 Å². The van der Waals surface area contributed by atoms with Gasteiger partial charge in [0.25, 0.3) is 0 Å². The van der Waals surface area contributed by atoms with Gasteiger partial charge >= 0.3 is 0 Å². The summed E-state index contributed by atoms with van der Waals surface area (Å²) in [5.41, 5.74) is 3.44. The van der Waals surface area contributed by atoms with Gasteiger partial charge in [0, 0.05) is 23.2 Å². The maximum Gasteiger partial charge on any atom is 0.188 e. The lowest BCUT2D eigenvalue weighted by Gasteiger charge is -2.34. The second kappa shape index (κ2) is 9.09. The lowest BCUT2D eigenvalue weighted by atomic mass is 9.88. The molecule has 0 radical (unpaired) electrons. The molecule has 0 amide bonds. The first-order valence-electron chi connectivity index (χ1n) is 10.6. The van der Waals surface area contributed by atoms with Gasteiger partial charge in [-0.1, -0.05) is 12.1 Å². The smallest absolute Gasteiger partial charge is 0.188 e. The van der Waals surface area contributed by atoms with Crippen LogP contribution >= 0.6 is 0 Å². The van der Waals surface area contributed by atoms with Crippen LogP contribution in [0, 0.1) is 0 Å². The Morgan fingerprint density at radius 3 is 1.50 bits per heavy atom. The van der Waals surface area contributed by atoms with E-state index in [1.807, 2.05) is 48.6 Å². The van der Waals surface area contributed by atoms with Gasteiger partial charge in [-0.05, 0) is 67.4 Å². The summed E-state index contributed by atoms with van der Waals surface area (Å²) in [6.45, 7) is 0. The maximum atomic E-state index is 13.6. The molecule has 4 rings (SSSR count). The zero-order valence-corrected chi connectivity index (χ0v) is 19.2. The number of likely N-dealkylation sites (N-methyl/N-ethyl adjacent to an activating group) is 1. The molecule has 0 N–H and O–H groups in total. The van der Waals surface area contributed by atoms with Gasteiger partial charge in [0.1, 0.15) is 0 Å². The first-order valence-corrected chi connectivity index (χ1v) is 10.6. The highest BCUT2D eigenvalue weighted by Crippen LogP contribution is 2.41. The van der Waals surface area contributed by atoms with Crippen molar-refractivity contribution >= 4 is 17.9 Å². The zero-order valence-electron chi connectivity index (χ0n) is 19.2. The van der Waals surface area contributed by atoms with Crippen molar-refractivity contribution in [2.24, 2.45) is 0 Å². The van der Waals surface area contributed by atoms with Crippen molar-refractivity contribution in [1.82, 2.24) is 4.90 Å². The molecule has 2 aromatic carbocycles. The Labute approximate surface area is 189 Å². The van der Waals surface area contributed by atoms with E-state index < -0.39 is 0 Å². The van der Waals surface area contributed by atoms with Gasteiger partial charge in [0.2, 0.25) is 0 Å². The number of hydrogen-bond donors (Lipinski definition) is 0. The monoisotopic (exact) mass is 435 g/mol. The number of benzene rings is 2. The summed E-state index contributed by atoms with van der Waals surface area (Å²) in [6, 6.07) is 11.6. The molecule has 32 heavy (non-hydrogen) atoms. The average Bonchev–Trinajstić information content (AvgIpc) is 3.14. The zero-order chi connectivity index (χ0) is 22.8. The number of Topliss-reactive ketones (excluding diaryl/α,β-unsaturated/α-hetero) is 1. The average molecular weight is 436 g/mol. The third kappa shape index (κ3) is 3.86. The Kier molecular flexibility index (Phi) is 6.24. The van der Waals surface area contributed by atoms with Crippen LogP contribution < -0.4 is 18.9 Å². The molecule has 0 spiro atoms. The first-order chi connectivity index (χ1) is 15.5. The highest BCUT2D eigenvalue weighted by atomic mass is 16.5. The normalized spacial score (nSPS) is 23.0. The largest absolute Gasteiger partial charge is 0.493 e. The van der Waals surface area contributed by atoms with E-state index in [0.29, 0.717) is 23.0 Å². The van der Waals surface area contributed by atoms with Crippen LogP contribution in [0.15, 0.2) is 47.5 Å². The van der Waals surface area contributed by atoms with Crippen LogP contribution in [-0.4, -0.2) is 58.3 Å². The van der Waals surface area contributed by atoms with Gasteiger partial charge in [-0.2, -0.15) is 0 Å². The number of methoxy groups -OCH3 is 4. The Bertz CT molecular complexity index is 1000. The Morgan fingerprint density at radius 1 is 0.719 bits per heavy atom. The van der Waals surface area contributed by atoms with Gasteiger partial charge in [0.15, 0.2) is 28.8 Å². The minimum atomic E-state index is 0.0974. The highest BCUT2D eigenvalue weighted by Gasteiger charge is 2.44. The molecule has 2 aliphatic heterocycles. The van der Waals surface area contributed by atoms with Gasteiger partial charge in [-0.3, -0.25) is 9.69 Å². The molecule has 2 aromatic rings. The molecule has 6 nitrogen and oxygen atoms in total. The minimum Gasteiger partial charge on any atom is -0.493 e. The fourth-order valence-electron chi connectivity index (χ4n) is 4.73. The van der Waals surface area contributed by atoms with Crippen LogP contribution in [0.5, 0.6) is 23.0 Å². The molecule has 6 heteroatoms. The molecule has 0 aliphatic carbocycles. The molecule has 2 atom stereocenters. The molecular formula is C26H29NO5. The van der Waals surface area contributed by atoms with Crippen LogP contribution in [0.2, 0.25) is 0 Å². The number of rotatable bonds is 6. The van der Waals surface area contributed by atoms with Crippen LogP contribution in [0.1, 0.15) is 24.0 Å². The number of piperidine rings is 1. The SMILES string of the molecule is COc1ccc(/C=C2/C(=O)/C(=C/c3ccc(OC)c(OC)c3)[C@H]3CC[C@H]2N3C)cc1OC. The van der Waals surface area contributed by atoms with Crippen molar-refractivity contribution < 1.29 is 23.7 Å². The molecule has 168 valence electrons. The molecular weight excluding hydrogens is 406 g/mol. The molecule has 0 unspecified atom stereocenters. The van der Waals surface area contributed by atoms with Crippen LogP contribution in [0.25, 0.3) is 12.2 Å². The van der Waals surface area contributed by atoms with Gasteiger partial charge in [0.05, 0.1) is 28.4 Å². The van der Waals surface area contributed by atoms with E-state index in [1.165, 1.54) is 0 Å². The summed E-state index contributed by atoms with van der Waals surface area (Å²) < 4.78 is 21.5. The summed E-state index contributed by atoms with van der Waals surface area (Å²) in [6.07, 6.45) is 5.87. The summed E-state index contributed by atoms with van der Waals surface area (Å²) in [7, 11) is 8.54. The van der Waals surface area contributed by atoms with E-state index in [-0.39, 0.29) is 17.9 Å². The third-order valence-electron chi connectivity index (χ3n) is 6.40. The molecule has 0 saturated carbocycles. The molecule has 2 aliphatic rings. The Hall–Kier alpha value is -3.25. The van der Waals surface area contributed by atoms with Crippen molar-refractivity contribution in [3.63, 3.8) is 0 Å². The number of fused-ring (bicyclic) bond motifs is 2. The minimum absolute atomic E-state index is 0.0974. The summed E-state index contributed by atoms with van der Waals surface area (Å²) >= 11 is 0. The lowest BCUT2D eigenvalue weighted by molar-refractivity contribution is -0.114.